The van der Waals surface area contributed by atoms with Crippen LogP contribution in [-0.4, -0.2) is 62.8 Å². The second kappa shape index (κ2) is 7.92. The molecule has 0 bridgehead atoms. The van der Waals surface area contributed by atoms with Crippen molar-refractivity contribution in [1.82, 2.24) is 10.2 Å². The van der Waals surface area contributed by atoms with Gasteiger partial charge in [0.1, 0.15) is 6.61 Å². The molecule has 1 fully saturated rings. The van der Waals surface area contributed by atoms with Gasteiger partial charge in [0.15, 0.2) is 0 Å². The fraction of sp³-hybridized carbons (Fsp3) is 0.571. The van der Waals surface area contributed by atoms with Gasteiger partial charge in [0, 0.05) is 20.7 Å². The highest BCUT2D eigenvalue weighted by Gasteiger charge is 2.29. The number of amides is 2. The molecule has 0 aromatic carbocycles. The van der Waals surface area contributed by atoms with Crippen molar-refractivity contribution in [3.63, 3.8) is 0 Å². The van der Waals surface area contributed by atoms with Gasteiger partial charge in [-0.3, -0.25) is 9.59 Å². The maximum atomic E-state index is 12.2. The van der Waals surface area contributed by atoms with Crippen LogP contribution in [-0.2, 0) is 14.3 Å². The van der Waals surface area contributed by atoms with Crippen molar-refractivity contribution in [2.75, 3.05) is 33.9 Å². The maximum absolute atomic E-state index is 12.2. The van der Waals surface area contributed by atoms with Gasteiger partial charge in [-0.05, 0) is 18.6 Å². The molecule has 0 radical (unpaired) electrons. The predicted molar refractivity (Wildman–Crippen MR) is 84.5 cm³/mol. The summed E-state index contributed by atoms with van der Waals surface area (Å²) in [7, 11) is 3.35. The van der Waals surface area contributed by atoms with Gasteiger partial charge in [0.2, 0.25) is 5.91 Å². The molecule has 1 aromatic rings. The molecule has 0 aliphatic carbocycles. The fourth-order valence-corrected chi connectivity index (χ4v) is 2.98. The minimum atomic E-state index is -0.280. The van der Waals surface area contributed by atoms with Gasteiger partial charge in [-0.25, -0.2) is 0 Å². The van der Waals surface area contributed by atoms with E-state index < -0.39 is 0 Å². The molecule has 8 heteroatoms. The Kier molecular flexibility index (Phi) is 6.19. The lowest BCUT2D eigenvalue weighted by atomic mass is 10.1. The van der Waals surface area contributed by atoms with Crippen LogP contribution in [0.25, 0.3) is 0 Å². The van der Waals surface area contributed by atoms with E-state index in [4.69, 9.17) is 21.1 Å². The van der Waals surface area contributed by atoms with Crippen LogP contribution in [0, 0.1) is 0 Å². The lowest BCUT2D eigenvalue weighted by Gasteiger charge is -2.32. The number of thiophene rings is 1. The first-order valence-electron chi connectivity index (χ1n) is 6.93. The van der Waals surface area contributed by atoms with E-state index in [1.165, 1.54) is 16.2 Å². The van der Waals surface area contributed by atoms with Crippen LogP contribution in [0.2, 0.25) is 4.34 Å². The second-order valence-corrected chi connectivity index (χ2v) is 6.90. The van der Waals surface area contributed by atoms with E-state index in [1.807, 2.05) is 0 Å². The molecule has 22 heavy (non-hydrogen) atoms. The summed E-state index contributed by atoms with van der Waals surface area (Å²) < 4.78 is 11.6. The molecule has 0 saturated carbocycles. The van der Waals surface area contributed by atoms with Crippen LogP contribution in [0.3, 0.4) is 0 Å². The molecule has 2 atom stereocenters. The third kappa shape index (κ3) is 4.67. The van der Waals surface area contributed by atoms with Crippen LogP contribution in [0.15, 0.2) is 12.1 Å². The molecule has 1 N–H and O–H groups in total. The third-order valence-corrected chi connectivity index (χ3v) is 4.56. The summed E-state index contributed by atoms with van der Waals surface area (Å²) in [6, 6.07) is 3.08. The van der Waals surface area contributed by atoms with E-state index in [0.717, 1.165) is 0 Å². The molecule has 1 aromatic heterocycles. The Morgan fingerprint density at radius 2 is 2.27 bits per heavy atom. The Morgan fingerprint density at radius 3 is 2.91 bits per heavy atom. The third-order valence-electron chi connectivity index (χ3n) is 3.33. The summed E-state index contributed by atoms with van der Waals surface area (Å²) in [4.78, 5) is 25.8. The lowest BCUT2D eigenvalue weighted by molar-refractivity contribution is -0.138. The van der Waals surface area contributed by atoms with Crippen LogP contribution < -0.4 is 5.32 Å². The number of halogens is 1. The molecule has 1 aliphatic rings. The molecule has 1 aliphatic heterocycles. The highest BCUT2D eigenvalue weighted by Crippen LogP contribution is 2.22. The van der Waals surface area contributed by atoms with Gasteiger partial charge in [0.05, 0.1) is 28.0 Å². The number of likely N-dealkylation sites (N-methyl/N-ethyl adjacent to an activating group) is 1. The van der Waals surface area contributed by atoms with Gasteiger partial charge < -0.3 is 19.7 Å². The predicted octanol–water partition coefficient (Wildman–Crippen LogP) is 1.39. The molecule has 122 valence electrons. The van der Waals surface area contributed by atoms with Gasteiger partial charge in [-0.1, -0.05) is 11.6 Å². The van der Waals surface area contributed by atoms with Crippen molar-refractivity contribution in [3.05, 3.63) is 21.3 Å². The van der Waals surface area contributed by atoms with Gasteiger partial charge >= 0.3 is 0 Å². The number of hydrogen-bond donors (Lipinski definition) is 1. The number of nitrogens with one attached hydrogen (secondary N) is 1. The van der Waals surface area contributed by atoms with Crippen LogP contribution in [0.5, 0.6) is 0 Å². The van der Waals surface area contributed by atoms with Gasteiger partial charge in [0.25, 0.3) is 5.91 Å². The number of nitrogens with zero attached hydrogens (tertiary/aromatic N) is 1. The van der Waals surface area contributed by atoms with Crippen LogP contribution in [0.4, 0.5) is 0 Å². The van der Waals surface area contributed by atoms with Crippen molar-refractivity contribution in [1.29, 1.82) is 0 Å². The molecule has 6 nitrogen and oxygen atoms in total. The number of ether oxygens (including phenoxy) is 2. The second-order valence-electron chi connectivity index (χ2n) is 5.18. The number of hydrogen-bond acceptors (Lipinski definition) is 5. The Hall–Kier alpha value is -1.15. The van der Waals surface area contributed by atoms with E-state index in [-0.39, 0.29) is 30.6 Å². The number of carbonyl (C=O) groups is 2. The first kappa shape index (κ1) is 17.2. The Morgan fingerprint density at radius 1 is 1.50 bits per heavy atom. The van der Waals surface area contributed by atoms with E-state index in [2.05, 4.69) is 5.32 Å². The normalized spacial score (nSPS) is 21.4. The molecular formula is C14H19ClN2O4S. The fourth-order valence-electron chi connectivity index (χ4n) is 2.04. The Labute approximate surface area is 138 Å². The number of rotatable bonds is 5. The van der Waals surface area contributed by atoms with Crippen molar-refractivity contribution in [2.24, 2.45) is 0 Å². The highest BCUT2D eigenvalue weighted by atomic mass is 35.5. The largest absolute Gasteiger partial charge is 0.379 e. The zero-order chi connectivity index (χ0) is 16.1. The molecule has 2 rings (SSSR count). The molecule has 2 heterocycles. The first-order chi connectivity index (χ1) is 10.5. The smallest absolute Gasteiger partial charge is 0.261 e. The SMILES string of the molecule is CN(C)C(=O)CO[C@@H]1CCOC[C@@H]1NC(=O)c1ccc(Cl)s1. The zero-order valence-electron chi connectivity index (χ0n) is 12.5. The molecule has 0 spiro atoms. The van der Waals surface area contributed by atoms with Gasteiger partial charge in [-0.15, -0.1) is 11.3 Å². The minimum Gasteiger partial charge on any atom is -0.379 e. The molecular weight excluding hydrogens is 328 g/mol. The van der Waals surface area contributed by atoms with Crippen molar-refractivity contribution < 1.29 is 19.1 Å². The molecule has 0 unspecified atom stereocenters. The summed E-state index contributed by atoms with van der Waals surface area (Å²) >= 11 is 7.06. The summed E-state index contributed by atoms with van der Waals surface area (Å²) in [6.07, 6.45) is 0.397. The lowest BCUT2D eigenvalue weighted by Crippen LogP contribution is -2.51. The summed E-state index contributed by atoms with van der Waals surface area (Å²) in [5.74, 6) is -0.318. The molecule has 1 saturated heterocycles. The highest BCUT2D eigenvalue weighted by molar-refractivity contribution is 7.17. The van der Waals surface area contributed by atoms with Crippen LogP contribution in [0.1, 0.15) is 16.1 Å². The standard InChI is InChI=1S/C14H19ClN2O4S/c1-17(2)13(18)8-21-10-5-6-20-7-9(10)16-14(19)11-3-4-12(15)22-11/h3-4,9-10H,5-8H2,1-2H3,(H,16,19)/t9-,10+/m0/s1. The topological polar surface area (TPSA) is 67.9 Å². The number of carbonyl (C=O) groups excluding carboxylic acids is 2. The average molecular weight is 347 g/mol. The Balaban J connectivity index is 1.91. The first-order valence-corrected chi connectivity index (χ1v) is 8.12. The monoisotopic (exact) mass is 346 g/mol. The average Bonchev–Trinajstić information content (AvgIpc) is 2.92. The van der Waals surface area contributed by atoms with E-state index in [0.29, 0.717) is 28.8 Å². The van der Waals surface area contributed by atoms with Gasteiger partial charge in [-0.2, -0.15) is 0 Å². The van der Waals surface area contributed by atoms with Crippen molar-refractivity contribution >= 4 is 34.8 Å². The van der Waals surface area contributed by atoms with E-state index >= 15 is 0 Å². The molecule has 2 amide bonds. The quantitative estimate of drug-likeness (QED) is 0.875. The summed E-state index contributed by atoms with van der Waals surface area (Å²) in [5, 5.41) is 2.89. The van der Waals surface area contributed by atoms with Crippen molar-refractivity contribution in [2.45, 2.75) is 18.6 Å². The zero-order valence-corrected chi connectivity index (χ0v) is 14.1. The van der Waals surface area contributed by atoms with E-state index in [1.54, 1.807) is 26.2 Å². The minimum absolute atomic E-state index is 0.00509. The van der Waals surface area contributed by atoms with Crippen molar-refractivity contribution in [3.8, 4) is 0 Å². The van der Waals surface area contributed by atoms with E-state index in [9.17, 15) is 9.59 Å². The maximum Gasteiger partial charge on any atom is 0.261 e. The van der Waals surface area contributed by atoms with Crippen LogP contribution >= 0.6 is 22.9 Å². The summed E-state index contributed by atoms with van der Waals surface area (Å²) in [5.41, 5.74) is 0. The Bertz CT molecular complexity index is 535. The summed E-state index contributed by atoms with van der Waals surface area (Å²) in [6.45, 7) is 0.915.